The second-order valence-corrected chi connectivity index (χ2v) is 3.56. The third-order valence-corrected chi connectivity index (χ3v) is 2.59. The minimum absolute atomic E-state index is 1.05. The van der Waals surface area contributed by atoms with Crippen LogP contribution in [0.15, 0.2) is 29.4 Å². The lowest BCUT2D eigenvalue weighted by Crippen LogP contribution is -2.17. The van der Waals surface area contributed by atoms with Gasteiger partial charge in [0.2, 0.25) is 0 Å². The zero-order valence-electron chi connectivity index (χ0n) is 8.19. The van der Waals surface area contributed by atoms with Crippen molar-refractivity contribution < 1.29 is 0 Å². The van der Waals surface area contributed by atoms with Gasteiger partial charge in [-0.2, -0.15) is 5.10 Å². The highest BCUT2D eigenvalue weighted by Crippen LogP contribution is 2.19. The highest BCUT2D eigenvalue weighted by atomic mass is 15.1. The van der Waals surface area contributed by atoms with E-state index in [0.29, 0.717) is 0 Å². The average Bonchev–Trinajstić information content (AvgIpc) is 2.72. The average molecular weight is 189 g/mol. The fraction of sp³-hybridized carbons (Fsp3) is 0.364. The van der Waals surface area contributed by atoms with Crippen LogP contribution in [0.25, 0.3) is 0 Å². The number of anilines is 1. The maximum Gasteiger partial charge on any atom is 0.0538 e. The molecule has 0 radical (unpaired) electrons. The molecule has 1 saturated heterocycles. The molecule has 0 bridgehead atoms. The molecule has 2 N–H and O–H groups in total. The molecule has 1 heterocycles. The smallest absolute Gasteiger partial charge is 0.0538 e. The van der Waals surface area contributed by atoms with Gasteiger partial charge in [-0.1, -0.05) is 12.1 Å². The van der Waals surface area contributed by atoms with Gasteiger partial charge in [0.15, 0.2) is 0 Å². The van der Waals surface area contributed by atoms with E-state index in [-0.39, 0.29) is 0 Å². The number of nitrogens with two attached hydrogens (primary N) is 1. The standard InChI is InChI=1S/C11H15N3/c12-13-9-10-3-5-11(6-4-10)14-7-1-2-8-14/h3-6,9H,1-2,7-8,12H2/b13-9+. The summed E-state index contributed by atoms with van der Waals surface area (Å²) in [6.07, 6.45) is 4.28. The van der Waals surface area contributed by atoms with E-state index in [4.69, 9.17) is 5.84 Å². The van der Waals surface area contributed by atoms with Crippen molar-refractivity contribution in [3.8, 4) is 0 Å². The minimum Gasteiger partial charge on any atom is -0.372 e. The van der Waals surface area contributed by atoms with Gasteiger partial charge in [0.05, 0.1) is 6.21 Å². The van der Waals surface area contributed by atoms with E-state index in [9.17, 15) is 0 Å². The van der Waals surface area contributed by atoms with E-state index in [2.05, 4.69) is 22.1 Å². The molecule has 0 amide bonds. The Bertz CT molecular complexity index is 310. The first-order valence-corrected chi connectivity index (χ1v) is 4.98. The predicted octanol–water partition coefficient (Wildman–Crippen LogP) is 1.58. The fourth-order valence-corrected chi connectivity index (χ4v) is 1.83. The number of rotatable bonds is 2. The first-order chi connectivity index (χ1) is 6.90. The lowest BCUT2D eigenvalue weighted by molar-refractivity contribution is 0.949. The summed E-state index contributed by atoms with van der Waals surface area (Å²) in [5.41, 5.74) is 2.35. The van der Waals surface area contributed by atoms with Crippen molar-refractivity contribution in [3.05, 3.63) is 29.8 Å². The van der Waals surface area contributed by atoms with Crippen LogP contribution in [0, 0.1) is 0 Å². The number of hydrazone groups is 1. The molecular weight excluding hydrogens is 174 g/mol. The van der Waals surface area contributed by atoms with Gasteiger partial charge in [-0.15, -0.1) is 0 Å². The van der Waals surface area contributed by atoms with Crippen molar-refractivity contribution in [2.45, 2.75) is 12.8 Å². The third kappa shape index (κ3) is 1.87. The van der Waals surface area contributed by atoms with Gasteiger partial charge in [-0.3, -0.25) is 0 Å². The summed E-state index contributed by atoms with van der Waals surface area (Å²) in [5.74, 6) is 5.08. The molecule has 0 unspecified atom stereocenters. The SMILES string of the molecule is N/N=C/c1ccc(N2CCCC2)cc1. The van der Waals surface area contributed by atoms with Gasteiger partial charge < -0.3 is 10.7 Å². The van der Waals surface area contributed by atoms with Gasteiger partial charge in [-0.05, 0) is 30.5 Å². The van der Waals surface area contributed by atoms with Crippen molar-refractivity contribution in [2.75, 3.05) is 18.0 Å². The first-order valence-electron chi connectivity index (χ1n) is 4.98. The number of benzene rings is 1. The molecule has 0 aliphatic carbocycles. The molecule has 2 rings (SSSR count). The number of nitrogens with zero attached hydrogens (tertiary/aromatic N) is 2. The van der Waals surface area contributed by atoms with E-state index in [0.717, 1.165) is 5.56 Å². The zero-order valence-corrected chi connectivity index (χ0v) is 8.19. The lowest BCUT2D eigenvalue weighted by Gasteiger charge is -2.17. The second kappa shape index (κ2) is 4.13. The molecule has 0 atom stereocenters. The van der Waals surface area contributed by atoms with E-state index in [1.54, 1.807) is 6.21 Å². The zero-order chi connectivity index (χ0) is 9.80. The molecule has 74 valence electrons. The number of hydrogen-bond acceptors (Lipinski definition) is 3. The summed E-state index contributed by atoms with van der Waals surface area (Å²) in [4.78, 5) is 2.41. The van der Waals surface area contributed by atoms with Crippen molar-refractivity contribution in [1.29, 1.82) is 0 Å². The fourth-order valence-electron chi connectivity index (χ4n) is 1.83. The van der Waals surface area contributed by atoms with Gasteiger partial charge in [0.25, 0.3) is 0 Å². The van der Waals surface area contributed by atoms with E-state index < -0.39 is 0 Å². The summed E-state index contributed by atoms with van der Waals surface area (Å²) in [6.45, 7) is 2.37. The Hall–Kier alpha value is -1.51. The highest BCUT2D eigenvalue weighted by Gasteiger charge is 2.11. The molecule has 0 aromatic heterocycles. The maximum absolute atomic E-state index is 5.08. The molecule has 3 heteroatoms. The van der Waals surface area contributed by atoms with Gasteiger partial charge in [-0.25, -0.2) is 0 Å². The van der Waals surface area contributed by atoms with Crippen LogP contribution in [0.1, 0.15) is 18.4 Å². The van der Waals surface area contributed by atoms with Crippen molar-refractivity contribution in [2.24, 2.45) is 10.9 Å². The quantitative estimate of drug-likeness (QED) is 0.436. The highest BCUT2D eigenvalue weighted by molar-refractivity contribution is 5.80. The van der Waals surface area contributed by atoms with Crippen LogP contribution in [0.3, 0.4) is 0 Å². The second-order valence-electron chi connectivity index (χ2n) is 3.56. The van der Waals surface area contributed by atoms with E-state index >= 15 is 0 Å². The van der Waals surface area contributed by atoms with Gasteiger partial charge in [0.1, 0.15) is 0 Å². The lowest BCUT2D eigenvalue weighted by atomic mass is 10.2. The Kier molecular flexibility index (Phi) is 2.68. The first kappa shape index (κ1) is 9.06. The molecule has 1 aromatic rings. The van der Waals surface area contributed by atoms with Gasteiger partial charge in [0, 0.05) is 18.8 Å². The van der Waals surface area contributed by atoms with Crippen LogP contribution in [0.4, 0.5) is 5.69 Å². The largest absolute Gasteiger partial charge is 0.372 e. The summed E-state index contributed by atoms with van der Waals surface area (Å²) in [5, 5.41) is 3.49. The predicted molar refractivity (Wildman–Crippen MR) is 59.7 cm³/mol. The minimum atomic E-state index is 1.05. The Morgan fingerprint density at radius 3 is 2.36 bits per heavy atom. The van der Waals surface area contributed by atoms with E-state index in [1.807, 2.05) is 12.1 Å². The molecule has 1 fully saturated rings. The summed E-state index contributed by atoms with van der Waals surface area (Å²) in [6, 6.07) is 8.35. The number of hydrogen-bond donors (Lipinski definition) is 1. The summed E-state index contributed by atoms with van der Waals surface area (Å²) >= 11 is 0. The Morgan fingerprint density at radius 2 is 1.79 bits per heavy atom. The Morgan fingerprint density at radius 1 is 1.14 bits per heavy atom. The van der Waals surface area contributed by atoms with Crippen LogP contribution < -0.4 is 10.7 Å². The monoisotopic (exact) mass is 189 g/mol. The summed E-state index contributed by atoms with van der Waals surface area (Å²) in [7, 11) is 0. The van der Waals surface area contributed by atoms with Crippen LogP contribution in [0.2, 0.25) is 0 Å². The summed E-state index contributed by atoms with van der Waals surface area (Å²) < 4.78 is 0. The topological polar surface area (TPSA) is 41.6 Å². The molecule has 1 aromatic carbocycles. The van der Waals surface area contributed by atoms with Crippen molar-refractivity contribution >= 4 is 11.9 Å². The molecular formula is C11H15N3. The Labute approximate surface area is 84.2 Å². The normalized spacial score (nSPS) is 16.7. The maximum atomic E-state index is 5.08. The molecule has 1 aliphatic rings. The molecule has 14 heavy (non-hydrogen) atoms. The van der Waals surface area contributed by atoms with Crippen LogP contribution in [0.5, 0.6) is 0 Å². The van der Waals surface area contributed by atoms with Crippen LogP contribution >= 0.6 is 0 Å². The molecule has 1 aliphatic heterocycles. The van der Waals surface area contributed by atoms with Gasteiger partial charge >= 0.3 is 0 Å². The molecule has 3 nitrogen and oxygen atoms in total. The Balaban J connectivity index is 2.12. The van der Waals surface area contributed by atoms with Crippen LogP contribution in [-0.2, 0) is 0 Å². The van der Waals surface area contributed by atoms with Crippen molar-refractivity contribution in [3.63, 3.8) is 0 Å². The van der Waals surface area contributed by atoms with Crippen LogP contribution in [-0.4, -0.2) is 19.3 Å². The molecule has 0 saturated carbocycles. The van der Waals surface area contributed by atoms with Crippen molar-refractivity contribution in [1.82, 2.24) is 0 Å². The molecule has 0 spiro atoms. The van der Waals surface area contributed by atoms with E-state index in [1.165, 1.54) is 31.6 Å². The third-order valence-electron chi connectivity index (χ3n) is 2.59.